The Morgan fingerprint density at radius 2 is 2.07 bits per heavy atom. The number of nitrogens with one attached hydrogen (secondary N) is 2. The lowest BCUT2D eigenvalue weighted by Crippen LogP contribution is -2.47. The van der Waals surface area contributed by atoms with E-state index in [4.69, 9.17) is 9.47 Å². The van der Waals surface area contributed by atoms with E-state index in [1.165, 1.54) is 6.42 Å². The van der Waals surface area contributed by atoms with Gasteiger partial charge in [-0.3, -0.25) is 4.99 Å². The van der Waals surface area contributed by atoms with Crippen molar-refractivity contribution >= 4 is 12.1 Å². The summed E-state index contributed by atoms with van der Waals surface area (Å²) >= 11 is 0. The minimum atomic E-state index is -0.479. The molecule has 156 valence electrons. The Labute approximate surface area is 164 Å². The molecule has 2 bridgehead atoms. The Morgan fingerprint density at radius 1 is 1.33 bits per heavy atom. The van der Waals surface area contributed by atoms with Gasteiger partial charge in [-0.25, -0.2) is 4.79 Å². The zero-order chi connectivity index (χ0) is 20.0. The lowest BCUT2D eigenvalue weighted by atomic mass is 9.96. The van der Waals surface area contributed by atoms with Gasteiger partial charge in [-0.15, -0.1) is 0 Å². The molecular formula is C20H38N4O3. The standard InChI is InChI=1S/C20H38N4O3/c1-7-21-18(23-16-13-15-9-10-17(16)26-15)22-11-8-12-24(14(2)3)19(25)27-20(4,5)6/h14-17H,7-13H2,1-6H3,(H2,21,22,23). The van der Waals surface area contributed by atoms with E-state index in [0.717, 1.165) is 31.8 Å². The van der Waals surface area contributed by atoms with E-state index in [1.54, 1.807) is 4.90 Å². The number of guanidine groups is 1. The second-order valence-electron chi connectivity index (χ2n) is 8.74. The molecule has 0 aromatic rings. The van der Waals surface area contributed by atoms with E-state index in [9.17, 15) is 4.79 Å². The normalized spacial score (nSPS) is 25.0. The van der Waals surface area contributed by atoms with Gasteiger partial charge in [-0.1, -0.05) is 0 Å². The quantitative estimate of drug-likeness (QED) is 0.402. The van der Waals surface area contributed by atoms with Crippen LogP contribution in [0.2, 0.25) is 0 Å². The van der Waals surface area contributed by atoms with Crippen molar-refractivity contribution in [3.63, 3.8) is 0 Å². The van der Waals surface area contributed by atoms with Crippen LogP contribution in [0.15, 0.2) is 4.99 Å². The highest BCUT2D eigenvalue weighted by atomic mass is 16.6. The van der Waals surface area contributed by atoms with Gasteiger partial charge in [0.1, 0.15) is 5.60 Å². The van der Waals surface area contributed by atoms with Gasteiger partial charge in [0.25, 0.3) is 0 Å². The van der Waals surface area contributed by atoms with Crippen molar-refractivity contribution in [1.82, 2.24) is 15.5 Å². The number of fused-ring (bicyclic) bond motifs is 2. The van der Waals surface area contributed by atoms with Crippen LogP contribution in [0.1, 0.15) is 67.2 Å². The summed E-state index contributed by atoms with van der Waals surface area (Å²) in [5.74, 6) is 0.840. The lowest BCUT2D eigenvalue weighted by Gasteiger charge is -2.30. The Kier molecular flexibility index (Phi) is 7.77. The van der Waals surface area contributed by atoms with Crippen LogP contribution in [0.3, 0.4) is 0 Å². The zero-order valence-electron chi connectivity index (χ0n) is 17.9. The van der Waals surface area contributed by atoms with Crippen LogP contribution in [-0.4, -0.2) is 66.5 Å². The van der Waals surface area contributed by atoms with Crippen molar-refractivity contribution < 1.29 is 14.3 Å². The molecule has 2 heterocycles. The number of aliphatic imine (C=N–C) groups is 1. The first-order chi connectivity index (χ1) is 12.7. The predicted molar refractivity (Wildman–Crippen MR) is 108 cm³/mol. The Morgan fingerprint density at radius 3 is 2.59 bits per heavy atom. The summed E-state index contributed by atoms with van der Waals surface area (Å²) in [7, 11) is 0. The summed E-state index contributed by atoms with van der Waals surface area (Å²) in [4.78, 5) is 18.8. The fourth-order valence-electron chi connectivity index (χ4n) is 3.60. The fourth-order valence-corrected chi connectivity index (χ4v) is 3.60. The van der Waals surface area contributed by atoms with Crippen LogP contribution in [0, 0.1) is 0 Å². The molecule has 0 aromatic heterocycles. The van der Waals surface area contributed by atoms with Crippen molar-refractivity contribution in [2.45, 2.75) is 97.1 Å². The summed E-state index contributed by atoms with van der Waals surface area (Å²) in [6, 6.07) is 0.455. The lowest BCUT2D eigenvalue weighted by molar-refractivity contribution is 0.0190. The second-order valence-corrected chi connectivity index (χ2v) is 8.74. The Bertz CT molecular complexity index is 516. The van der Waals surface area contributed by atoms with Gasteiger partial charge in [0.15, 0.2) is 5.96 Å². The number of carbonyl (C=O) groups is 1. The third-order valence-electron chi connectivity index (χ3n) is 4.85. The first-order valence-electron chi connectivity index (χ1n) is 10.4. The first kappa shape index (κ1) is 21.8. The molecule has 2 saturated heterocycles. The second kappa shape index (κ2) is 9.62. The summed E-state index contributed by atoms with van der Waals surface area (Å²) in [5, 5.41) is 6.83. The molecule has 0 spiro atoms. The van der Waals surface area contributed by atoms with Gasteiger partial charge in [0.2, 0.25) is 0 Å². The third-order valence-corrected chi connectivity index (χ3v) is 4.85. The van der Waals surface area contributed by atoms with E-state index in [0.29, 0.717) is 31.3 Å². The van der Waals surface area contributed by atoms with Gasteiger partial charge in [0, 0.05) is 25.7 Å². The number of ether oxygens (including phenoxy) is 2. The van der Waals surface area contributed by atoms with E-state index in [1.807, 2.05) is 34.6 Å². The summed E-state index contributed by atoms with van der Waals surface area (Å²) < 4.78 is 11.4. The fraction of sp³-hybridized carbons (Fsp3) is 0.900. The SMILES string of the molecule is CCNC(=NCCCN(C(=O)OC(C)(C)C)C(C)C)NC1CC2CCC1O2. The van der Waals surface area contributed by atoms with Crippen LogP contribution in [0.5, 0.6) is 0 Å². The third kappa shape index (κ3) is 6.87. The van der Waals surface area contributed by atoms with Crippen molar-refractivity contribution in [1.29, 1.82) is 0 Å². The number of hydrogen-bond donors (Lipinski definition) is 2. The molecule has 2 N–H and O–H groups in total. The molecule has 2 fully saturated rings. The van der Waals surface area contributed by atoms with Gasteiger partial charge < -0.3 is 25.0 Å². The van der Waals surface area contributed by atoms with Gasteiger partial charge in [0.05, 0.1) is 18.2 Å². The van der Waals surface area contributed by atoms with Crippen LogP contribution < -0.4 is 10.6 Å². The van der Waals surface area contributed by atoms with Gasteiger partial charge in [-0.2, -0.15) is 0 Å². The molecule has 7 heteroatoms. The van der Waals surface area contributed by atoms with Crippen LogP contribution in [0.25, 0.3) is 0 Å². The average molecular weight is 383 g/mol. The zero-order valence-corrected chi connectivity index (χ0v) is 17.9. The smallest absolute Gasteiger partial charge is 0.410 e. The van der Waals surface area contributed by atoms with Crippen molar-refractivity contribution in [3.8, 4) is 0 Å². The molecule has 3 atom stereocenters. The highest BCUT2D eigenvalue weighted by Crippen LogP contribution is 2.34. The first-order valence-corrected chi connectivity index (χ1v) is 10.4. The summed E-state index contributed by atoms with van der Waals surface area (Å²) in [6.45, 7) is 13.9. The minimum Gasteiger partial charge on any atom is -0.444 e. The van der Waals surface area contributed by atoms with Crippen molar-refractivity contribution in [2.24, 2.45) is 4.99 Å². The van der Waals surface area contributed by atoms with E-state index < -0.39 is 5.60 Å². The molecule has 0 radical (unpaired) electrons. The van der Waals surface area contributed by atoms with Crippen molar-refractivity contribution in [3.05, 3.63) is 0 Å². The molecule has 7 nitrogen and oxygen atoms in total. The minimum absolute atomic E-state index is 0.0985. The largest absolute Gasteiger partial charge is 0.444 e. The van der Waals surface area contributed by atoms with E-state index >= 15 is 0 Å². The van der Waals surface area contributed by atoms with Gasteiger partial charge in [-0.05, 0) is 67.2 Å². The maximum Gasteiger partial charge on any atom is 0.410 e. The topological polar surface area (TPSA) is 75.2 Å². The number of carbonyl (C=O) groups excluding carboxylic acids is 1. The molecule has 27 heavy (non-hydrogen) atoms. The highest BCUT2D eigenvalue weighted by Gasteiger charge is 2.41. The van der Waals surface area contributed by atoms with Gasteiger partial charge >= 0.3 is 6.09 Å². The maximum atomic E-state index is 12.4. The number of hydrogen-bond acceptors (Lipinski definition) is 4. The Hall–Kier alpha value is -1.50. The monoisotopic (exact) mass is 382 g/mol. The predicted octanol–water partition coefficient (Wildman–Crippen LogP) is 2.90. The average Bonchev–Trinajstić information content (AvgIpc) is 3.15. The molecule has 0 aromatic carbocycles. The van der Waals surface area contributed by atoms with Crippen LogP contribution in [-0.2, 0) is 9.47 Å². The molecular weight excluding hydrogens is 344 g/mol. The van der Waals surface area contributed by atoms with Crippen molar-refractivity contribution in [2.75, 3.05) is 19.6 Å². The number of rotatable bonds is 7. The molecule has 1 amide bonds. The Balaban J connectivity index is 1.81. The highest BCUT2D eigenvalue weighted by molar-refractivity contribution is 5.80. The summed E-state index contributed by atoms with van der Waals surface area (Å²) in [5.41, 5.74) is -0.479. The number of nitrogens with zero attached hydrogens (tertiary/aromatic N) is 2. The summed E-state index contributed by atoms with van der Waals surface area (Å²) in [6.07, 6.45) is 4.67. The molecule has 0 saturated carbocycles. The molecule has 2 aliphatic heterocycles. The molecule has 0 aliphatic carbocycles. The number of amides is 1. The van der Waals surface area contributed by atoms with E-state index in [-0.39, 0.29) is 12.1 Å². The molecule has 2 aliphatic rings. The van der Waals surface area contributed by atoms with Crippen LogP contribution in [0.4, 0.5) is 4.79 Å². The molecule has 3 unspecified atom stereocenters. The maximum absolute atomic E-state index is 12.4. The van der Waals surface area contributed by atoms with E-state index in [2.05, 4.69) is 22.5 Å². The molecule has 2 rings (SSSR count). The van der Waals surface area contributed by atoms with Crippen LogP contribution >= 0.6 is 0 Å².